The molecule has 1 aromatic heterocycles. The Hall–Kier alpha value is -0.140. The Morgan fingerprint density at radius 3 is 2.83 bits per heavy atom. The van der Waals surface area contributed by atoms with Gasteiger partial charge in [-0.1, -0.05) is 23.7 Å². The summed E-state index contributed by atoms with van der Waals surface area (Å²) in [6.45, 7) is 0. The van der Waals surface area contributed by atoms with E-state index in [9.17, 15) is 0 Å². The molecule has 2 nitrogen and oxygen atoms in total. The van der Waals surface area contributed by atoms with Gasteiger partial charge < -0.3 is 0 Å². The second-order valence-electron chi connectivity index (χ2n) is 4.01. The number of nitrogens with two attached hydrogens (primary N) is 1. The Morgan fingerprint density at radius 1 is 1.39 bits per heavy atom. The number of benzene rings is 1. The zero-order valence-corrected chi connectivity index (χ0v) is 13.4. The summed E-state index contributed by atoms with van der Waals surface area (Å²) in [7, 11) is 0. The van der Waals surface area contributed by atoms with E-state index in [1.807, 2.05) is 12.1 Å². The molecule has 3 N–H and O–H groups in total. The van der Waals surface area contributed by atoms with E-state index in [1.165, 1.54) is 4.88 Å². The minimum absolute atomic E-state index is 0.140. The summed E-state index contributed by atoms with van der Waals surface area (Å²) in [6, 6.07) is 10.5. The summed E-state index contributed by atoms with van der Waals surface area (Å²) in [6.07, 6.45) is 1.99. The van der Waals surface area contributed by atoms with Crippen LogP contribution in [0.3, 0.4) is 0 Å². The monoisotopic (exact) mass is 392 g/mol. The van der Waals surface area contributed by atoms with Gasteiger partial charge in [0.1, 0.15) is 0 Å². The van der Waals surface area contributed by atoms with Crippen molar-refractivity contribution in [3.8, 4) is 0 Å². The molecule has 1 heterocycles. The van der Waals surface area contributed by atoms with Crippen molar-refractivity contribution in [3.63, 3.8) is 0 Å². The molecule has 5 heteroatoms. The fraction of sp³-hybridized carbons (Fsp3) is 0.231. The average molecular weight is 393 g/mol. The second kappa shape index (κ2) is 6.86. The maximum absolute atomic E-state index is 6.14. The van der Waals surface area contributed by atoms with Crippen LogP contribution in [0.15, 0.2) is 35.7 Å². The van der Waals surface area contributed by atoms with E-state index in [4.69, 9.17) is 17.4 Å². The van der Waals surface area contributed by atoms with Crippen molar-refractivity contribution >= 4 is 45.5 Å². The summed E-state index contributed by atoms with van der Waals surface area (Å²) in [5.41, 5.74) is 4.01. The Bertz CT molecular complexity index is 502. The first-order valence-corrected chi connectivity index (χ1v) is 7.98. The van der Waals surface area contributed by atoms with Crippen LogP contribution in [0.25, 0.3) is 0 Å². The van der Waals surface area contributed by atoms with E-state index < -0.39 is 0 Å². The van der Waals surface area contributed by atoms with Gasteiger partial charge in [0.15, 0.2) is 0 Å². The lowest BCUT2D eigenvalue weighted by Gasteiger charge is -2.16. The largest absolute Gasteiger partial charge is 0.271 e. The number of hydrogen-bond donors (Lipinski definition) is 2. The average Bonchev–Trinajstić information content (AvgIpc) is 2.87. The van der Waals surface area contributed by atoms with Crippen molar-refractivity contribution in [1.29, 1.82) is 0 Å². The standard InChI is InChI=1S/C13H14ClIN2S/c14-11-8-9(3-5-12(11)15)13(17-16)6-4-10-2-1-7-18-10/h1-3,5,7-8,13,17H,4,6,16H2. The predicted molar refractivity (Wildman–Crippen MR) is 86.9 cm³/mol. The van der Waals surface area contributed by atoms with Gasteiger partial charge in [-0.25, -0.2) is 0 Å². The maximum Gasteiger partial charge on any atom is 0.0542 e. The van der Waals surface area contributed by atoms with E-state index in [1.54, 1.807) is 11.3 Å². The molecule has 2 rings (SSSR count). The summed E-state index contributed by atoms with van der Waals surface area (Å²) in [5.74, 6) is 5.64. The molecule has 0 aliphatic heterocycles. The number of aryl methyl sites for hydroxylation is 1. The number of halogens is 2. The second-order valence-corrected chi connectivity index (χ2v) is 6.61. The molecular weight excluding hydrogens is 379 g/mol. The predicted octanol–water partition coefficient (Wildman–Crippen LogP) is 4.14. The third-order valence-corrected chi connectivity index (χ3v) is 5.32. The van der Waals surface area contributed by atoms with Crippen LogP contribution in [-0.4, -0.2) is 0 Å². The van der Waals surface area contributed by atoms with Gasteiger partial charge in [0, 0.05) is 14.5 Å². The lowest BCUT2D eigenvalue weighted by atomic mass is 10.0. The van der Waals surface area contributed by atoms with Crippen molar-refractivity contribution < 1.29 is 0 Å². The van der Waals surface area contributed by atoms with Crippen LogP contribution in [0.1, 0.15) is 22.9 Å². The van der Waals surface area contributed by atoms with E-state index >= 15 is 0 Å². The normalized spacial score (nSPS) is 12.6. The molecule has 0 fully saturated rings. The van der Waals surface area contributed by atoms with Gasteiger partial charge in [-0.05, 0) is 64.6 Å². The van der Waals surface area contributed by atoms with Crippen LogP contribution >= 0.6 is 45.5 Å². The fourth-order valence-corrected chi connectivity index (χ4v) is 3.07. The number of hydrazine groups is 1. The van der Waals surface area contributed by atoms with E-state index in [0.717, 1.165) is 27.0 Å². The van der Waals surface area contributed by atoms with E-state index in [0.29, 0.717) is 0 Å². The Kier molecular flexibility index (Phi) is 5.44. The van der Waals surface area contributed by atoms with Crippen LogP contribution < -0.4 is 11.3 Å². The highest BCUT2D eigenvalue weighted by molar-refractivity contribution is 14.1. The highest BCUT2D eigenvalue weighted by atomic mass is 127. The molecule has 0 bridgehead atoms. The molecule has 1 atom stereocenters. The SMILES string of the molecule is NNC(CCc1cccs1)c1ccc(I)c(Cl)c1. The lowest BCUT2D eigenvalue weighted by Crippen LogP contribution is -2.28. The van der Waals surface area contributed by atoms with Gasteiger partial charge in [-0.3, -0.25) is 11.3 Å². The molecule has 1 unspecified atom stereocenters. The van der Waals surface area contributed by atoms with Crippen molar-refractivity contribution in [1.82, 2.24) is 5.43 Å². The van der Waals surface area contributed by atoms with Gasteiger partial charge in [-0.15, -0.1) is 11.3 Å². The molecule has 0 spiro atoms. The molecule has 0 saturated heterocycles. The maximum atomic E-state index is 6.14. The van der Waals surface area contributed by atoms with Crippen molar-refractivity contribution in [3.05, 3.63) is 54.7 Å². The van der Waals surface area contributed by atoms with Crippen LogP contribution in [0.5, 0.6) is 0 Å². The topological polar surface area (TPSA) is 38.0 Å². The van der Waals surface area contributed by atoms with Gasteiger partial charge in [0.25, 0.3) is 0 Å². The molecule has 0 aliphatic carbocycles. The van der Waals surface area contributed by atoms with E-state index in [-0.39, 0.29) is 6.04 Å². The first kappa shape index (κ1) is 14.3. The molecule has 0 radical (unpaired) electrons. The third kappa shape index (κ3) is 3.68. The summed E-state index contributed by atoms with van der Waals surface area (Å²) >= 11 is 10.1. The molecule has 2 aromatic rings. The molecule has 18 heavy (non-hydrogen) atoms. The fourth-order valence-electron chi connectivity index (χ4n) is 1.82. The minimum Gasteiger partial charge on any atom is -0.271 e. The Balaban J connectivity index is 2.05. The van der Waals surface area contributed by atoms with Crippen molar-refractivity contribution in [2.75, 3.05) is 0 Å². The quantitative estimate of drug-likeness (QED) is 0.456. The van der Waals surface area contributed by atoms with Gasteiger partial charge in [0.05, 0.1) is 5.02 Å². The molecule has 0 aliphatic rings. The molecule has 0 amide bonds. The molecule has 0 saturated carbocycles. The smallest absolute Gasteiger partial charge is 0.0542 e. The zero-order chi connectivity index (χ0) is 13.0. The summed E-state index contributed by atoms with van der Waals surface area (Å²) < 4.78 is 1.06. The van der Waals surface area contributed by atoms with Crippen LogP contribution in [0, 0.1) is 3.57 Å². The zero-order valence-electron chi connectivity index (χ0n) is 9.70. The molecule has 96 valence electrons. The van der Waals surface area contributed by atoms with E-state index in [2.05, 4.69) is 51.6 Å². The number of nitrogens with one attached hydrogen (secondary N) is 1. The highest BCUT2D eigenvalue weighted by Crippen LogP contribution is 2.26. The van der Waals surface area contributed by atoms with Crippen LogP contribution in [0.4, 0.5) is 0 Å². The molecule has 1 aromatic carbocycles. The van der Waals surface area contributed by atoms with Crippen molar-refractivity contribution in [2.45, 2.75) is 18.9 Å². The van der Waals surface area contributed by atoms with Crippen molar-refractivity contribution in [2.24, 2.45) is 5.84 Å². The van der Waals surface area contributed by atoms with Gasteiger partial charge in [-0.2, -0.15) is 0 Å². The third-order valence-electron chi connectivity index (χ3n) is 2.81. The molecular formula is C13H14ClIN2S. The Morgan fingerprint density at radius 2 is 2.22 bits per heavy atom. The first-order valence-electron chi connectivity index (χ1n) is 5.64. The van der Waals surface area contributed by atoms with Gasteiger partial charge >= 0.3 is 0 Å². The summed E-state index contributed by atoms with van der Waals surface area (Å²) in [5, 5.41) is 2.88. The Labute approximate surface area is 130 Å². The number of hydrogen-bond acceptors (Lipinski definition) is 3. The minimum atomic E-state index is 0.140. The van der Waals surface area contributed by atoms with Crippen LogP contribution in [-0.2, 0) is 6.42 Å². The number of rotatable bonds is 5. The highest BCUT2D eigenvalue weighted by Gasteiger charge is 2.11. The lowest BCUT2D eigenvalue weighted by molar-refractivity contribution is 0.518. The summed E-state index contributed by atoms with van der Waals surface area (Å²) in [4.78, 5) is 1.38. The van der Waals surface area contributed by atoms with Gasteiger partial charge in [0.2, 0.25) is 0 Å². The van der Waals surface area contributed by atoms with Crippen LogP contribution in [0.2, 0.25) is 5.02 Å². The first-order chi connectivity index (χ1) is 8.70. The number of thiophene rings is 1.